The molecule has 2 heterocycles. The fraction of sp³-hybridized carbons (Fsp3) is 0.375. The zero-order chi connectivity index (χ0) is 17.4. The summed E-state index contributed by atoms with van der Waals surface area (Å²) in [7, 11) is 4.07. The van der Waals surface area contributed by atoms with Gasteiger partial charge >= 0.3 is 0 Å². The van der Waals surface area contributed by atoms with Gasteiger partial charge < -0.3 is 21.3 Å². The molecule has 128 valence electrons. The van der Waals surface area contributed by atoms with E-state index in [0.717, 1.165) is 19.5 Å². The van der Waals surface area contributed by atoms with E-state index < -0.39 is 5.82 Å². The van der Waals surface area contributed by atoms with Gasteiger partial charge in [-0.25, -0.2) is 4.39 Å². The molecule has 1 aliphatic heterocycles. The Labute approximate surface area is 145 Å². The van der Waals surface area contributed by atoms with Gasteiger partial charge in [0.1, 0.15) is 17.5 Å². The number of likely N-dealkylation sites (N-methyl/N-ethyl adjacent to an activating group) is 1. The number of aromatic nitrogens is 2. The van der Waals surface area contributed by atoms with Gasteiger partial charge in [0.05, 0.1) is 10.6 Å². The molecule has 1 aromatic carbocycles. The molecule has 8 heteroatoms. The van der Waals surface area contributed by atoms with E-state index in [0.29, 0.717) is 17.4 Å². The summed E-state index contributed by atoms with van der Waals surface area (Å²) in [4.78, 5) is 12.6. The molecule has 0 unspecified atom stereocenters. The van der Waals surface area contributed by atoms with Gasteiger partial charge in [-0.1, -0.05) is 23.7 Å². The molecule has 0 amide bonds. The summed E-state index contributed by atoms with van der Waals surface area (Å²) in [5.74, 6) is 0.225. The van der Waals surface area contributed by atoms with Crippen LogP contribution < -0.4 is 16.4 Å². The van der Waals surface area contributed by atoms with Gasteiger partial charge in [0.25, 0.3) is 0 Å². The number of rotatable bonds is 3. The zero-order valence-corrected chi connectivity index (χ0v) is 14.4. The van der Waals surface area contributed by atoms with Gasteiger partial charge in [0, 0.05) is 24.7 Å². The van der Waals surface area contributed by atoms with Crippen molar-refractivity contribution < 1.29 is 4.39 Å². The summed E-state index contributed by atoms with van der Waals surface area (Å²) in [6.45, 7) is 1.55. The molecule has 1 fully saturated rings. The molecule has 3 rings (SSSR count). The Balaban J connectivity index is 2.12. The van der Waals surface area contributed by atoms with Crippen LogP contribution in [0.25, 0.3) is 11.1 Å². The minimum atomic E-state index is -0.538. The molecular weight excluding hydrogens is 331 g/mol. The Morgan fingerprint density at radius 1 is 1.29 bits per heavy atom. The maximum absolute atomic E-state index is 14.5. The number of hydrogen-bond acceptors (Lipinski definition) is 6. The van der Waals surface area contributed by atoms with Gasteiger partial charge in [-0.3, -0.25) is 0 Å². The number of anilines is 3. The molecule has 0 aliphatic carbocycles. The minimum Gasteiger partial charge on any atom is -0.383 e. The third-order valence-corrected chi connectivity index (χ3v) is 4.64. The standard InChI is InChI=1S/C16H20ClFN6/c1-23(2)9-6-7-24(8-9)15-12(14(19)21-16(20)22-15)10-4-3-5-11(17)13(10)18/h3-5,9H,6-8H2,1-2H3,(H4,19,20,21,22)/t9-/m1/s1. The number of nitrogens with zero attached hydrogens (tertiary/aromatic N) is 4. The van der Waals surface area contributed by atoms with Crippen molar-refractivity contribution in [3.63, 3.8) is 0 Å². The fourth-order valence-corrected chi connectivity index (χ4v) is 3.20. The van der Waals surface area contributed by atoms with Crippen LogP contribution in [0.15, 0.2) is 18.2 Å². The van der Waals surface area contributed by atoms with Crippen molar-refractivity contribution in [1.29, 1.82) is 0 Å². The highest BCUT2D eigenvalue weighted by Gasteiger charge is 2.29. The average Bonchev–Trinajstić information content (AvgIpc) is 3.00. The van der Waals surface area contributed by atoms with Gasteiger partial charge in [0.2, 0.25) is 5.95 Å². The molecule has 24 heavy (non-hydrogen) atoms. The third kappa shape index (κ3) is 2.97. The Morgan fingerprint density at radius 2 is 2.04 bits per heavy atom. The SMILES string of the molecule is CN(C)[C@@H]1CCN(c2nc(N)nc(N)c2-c2cccc(Cl)c2F)C1. The van der Waals surface area contributed by atoms with E-state index in [2.05, 4.69) is 19.8 Å². The second-order valence-electron chi connectivity index (χ2n) is 6.12. The summed E-state index contributed by atoms with van der Waals surface area (Å²) >= 11 is 5.92. The molecule has 1 saturated heterocycles. The first-order valence-corrected chi connectivity index (χ1v) is 8.05. The molecule has 6 nitrogen and oxygen atoms in total. The monoisotopic (exact) mass is 350 g/mol. The number of hydrogen-bond donors (Lipinski definition) is 2. The van der Waals surface area contributed by atoms with Crippen LogP contribution in [0, 0.1) is 5.82 Å². The van der Waals surface area contributed by atoms with Crippen LogP contribution in [-0.4, -0.2) is 48.1 Å². The largest absolute Gasteiger partial charge is 0.383 e. The zero-order valence-electron chi connectivity index (χ0n) is 13.6. The Morgan fingerprint density at radius 3 is 2.71 bits per heavy atom. The molecule has 4 N–H and O–H groups in total. The average molecular weight is 351 g/mol. The fourth-order valence-electron chi connectivity index (χ4n) is 3.02. The predicted molar refractivity (Wildman–Crippen MR) is 95.6 cm³/mol. The first-order valence-electron chi connectivity index (χ1n) is 7.67. The lowest BCUT2D eigenvalue weighted by Crippen LogP contribution is -2.32. The van der Waals surface area contributed by atoms with Crippen molar-refractivity contribution in [3.05, 3.63) is 29.0 Å². The van der Waals surface area contributed by atoms with Crippen LogP contribution in [0.5, 0.6) is 0 Å². The maximum Gasteiger partial charge on any atom is 0.223 e. The van der Waals surface area contributed by atoms with E-state index in [1.165, 1.54) is 6.07 Å². The Kier molecular flexibility index (Phi) is 4.47. The van der Waals surface area contributed by atoms with E-state index in [-0.39, 0.29) is 22.4 Å². The quantitative estimate of drug-likeness (QED) is 0.883. The van der Waals surface area contributed by atoms with Gasteiger partial charge in [-0.2, -0.15) is 9.97 Å². The van der Waals surface area contributed by atoms with Crippen LogP contribution in [0.4, 0.5) is 22.0 Å². The van der Waals surface area contributed by atoms with E-state index in [1.54, 1.807) is 12.1 Å². The lowest BCUT2D eigenvalue weighted by Gasteiger charge is -2.24. The number of nitrogens with two attached hydrogens (primary N) is 2. The van der Waals surface area contributed by atoms with Crippen LogP contribution in [0.2, 0.25) is 5.02 Å². The lowest BCUT2D eigenvalue weighted by atomic mass is 10.1. The number of benzene rings is 1. The van der Waals surface area contributed by atoms with E-state index in [1.807, 2.05) is 14.1 Å². The predicted octanol–water partition coefficient (Wildman–Crippen LogP) is 2.24. The normalized spacial score (nSPS) is 17.7. The van der Waals surface area contributed by atoms with Gasteiger partial charge in [-0.05, 0) is 26.6 Å². The molecular formula is C16H20ClFN6. The van der Waals surface area contributed by atoms with E-state index >= 15 is 0 Å². The molecule has 0 radical (unpaired) electrons. The molecule has 0 bridgehead atoms. The van der Waals surface area contributed by atoms with Crippen molar-refractivity contribution >= 4 is 29.2 Å². The summed E-state index contributed by atoms with van der Waals surface area (Å²) in [5, 5.41) is 0.0299. The summed E-state index contributed by atoms with van der Waals surface area (Å²) in [6.07, 6.45) is 0.980. The van der Waals surface area contributed by atoms with Crippen molar-refractivity contribution in [1.82, 2.24) is 14.9 Å². The van der Waals surface area contributed by atoms with Crippen LogP contribution in [-0.2, 0) is 0 Å². The highest BCUT2D eigenvalue weighted by atomic mass is 35.5. The lowest BCUT2D eigenvalue weighted by molar-refractivity contribution is 0.315. The van der Waals surface area contributed by atoms with E-state index in [9.17, 15) is 4.39 Å². The first kappa shape index (κ1) is 16.7. The van der Waals surface area contributed by atoms with E-state index in [4.69, 9.17) is 23.1 Å². The minimum absolute atomic E-state index is 0.0299. The third-order valence-electron chi connectivity index (χ3n) is 4.35. The smallest absolute Gasteiger partial charge is 0.223 e. The van der Waals surface area contributed by atoms with Crippen LogP contribution in [0.1, 0.15) is 6.42 Å². The van der Waals surface area contributed by atoms with Gasteiger partial charge in [-0.15, -0.1) is 0 Å². The summed E-state index contributed by atoms with van der Waals surface area (Å²) in [6, 6.07) is 5.17. The summed E-state index contributed by atoms with van der Waals surface area (Å²) in [5.41, 5.74) is 12.5. The molecule has 1 aromatic heterocycles. The number of halogens is 2. The molecule has 0 saturated carbocycles. The Bertz CT molecular complexity index is 766. The van der Waals surface area contributed by atoms with Crippen LogP contribution >= 0.6 is 11.6 Å². The second kappa shape index (κ2) is 6.41. The maximum atomic E-state index is 14.5. The van der Waals surface area contributed by atoms with Gasteiger partial charge in [0.15, 0.2) is 0 Å². The van der Waals surface area contributed by atoms with Crippen molar-refractivity contribution in [2.24, 2.45) is 0 Å². The highest BCUT2D eigenvalue weighted by Crippen LogP contribution is 2.38. The topological polar surface area (TPSA) is 84.3 Å². The summed E-state index contributed by atoms with van der Waals surface area (Å²) < 4.78 is 14.5. The molecule has 1 aliphatic rings. The second-order valence-corrected chi connectivity index (χ2v) is 6.53. The highest BCUT2D eigenvalue weighted by molar-refractivity contribution is 6.31. The first-order chi connectivity index (χ1) is 11.4. The molecule has 2 aromatic rings. The molecule has 1 atom stereocenters. The van der Waals surface area contributed by atoms with Crippen molar-refractivity contribution in [3.8, 4) is 11.1 Å². The van der Waals surface area contributed by atoms with Crippen LogP contribution in [0.3, 0.4) is 0 Å². The Hall–Kier alpha value is -2.12. The molecule has 0 spiro atoms. The van der Waals surface area contributed by atoms with Crippen molar-refractivity contribution in [2.75, 3.05) is 43.6 Å². The van der Waals surface area contributed by atoms with Crippen molar-refractivity contribution in [2.45, 2.75) is 12.5 Å². The number of nitrogen functional groups attached to an aromatic ring is 2.